The molecular formula is C13H19NO2. The third-order valence-electron chi connectivity index (χ3n) is 2.89. The van der Waals surface area contributed by atoms with Crippen molar-refractivity contribution in [1.29, 1.82) is 0 Å². The highest BCUT2D eigenvalue weighted by Crippen LogP contribution is 2.20. The topological polar surface area (TPSA) is 37.4 Å². The standard InChI is InChI=1S/C13H19NO2/c1-4-7-11(5-2)13(16)14-9-6-8-12(14)10(3)15/h4-5,7,12H,6,8-9H2,1-3H3/b7-4-,11-5+/t12-/m0/s1. The van der Waals surface area contributed by atoms with E-state index in [-0.39, 0.29) is 17.7 Å². The van der Waals surface area contributed by atoms with E-state index in [1.54, 1.807) is 24.0 Å². The molecule has 1 rings (SSSR count). The van der Waals surface area contributed by atoms with Gasteiger partial charge >= 0.3 is 0 Å². The second kappa shape index (κ2) is 5.64. The number of allylic oxidation sites excluding steroid dienone is 2. The fourth-order valence-electron chi connectivity index (χ4n) is 2.07. The van der Waals surface area contributed by atoms with E-state index in [9.17, 15) is 9.59 Å². The fourth-order valence-corrected chi connectivity index (χ4v) is 2.07. The van der Waals surface area contributed by atoms with Crippen LogP contribution < -0.4 is 0 Å². The van der Waals surface area contributed by atoms with Crippen LogP contribution in [0.5, 0.6) is 0 Å². The minimum atomic E-state index is -0.215. The molecule has 0 N–H and O–H groups in total. The van der Waals surface area contributed by atoms with E-state index >= 15 is 0 Å². The number of carbonyl (C=O) groups is 2. The predicted octanol–water partition coefficient (Wildman–Crippen LogP) is 2.09. The maximum absolute atomic E-state index is 12.1. The fraction of sp³-hybridized carbons (Fsp3) is 0.538. The quantitative estimate of drug-likeness (QED) is 0.540. The molecule has 1 aliphatic heterocycles. The van der Waals surface area contributed by atoms with E-state index in [4.69, 9.17) is 0 Å². The summed E-state index contributed by atoms with van der Waals surface area (Å²) in [6.07, 6.45) is 7.14. The molecule has 0 aromatic heterocycles. The Morgan fingerprint density at radius 3 is 2.50 bits per heavy atom. The van der Waals surface area contributed by atoms with Gasteiger partial charge in [0, 0.05) is 12.1 Å². The third-order valence-corrected chi connectivity index (χ3v) is 2.89. The second-order valence-corrected chi connectivity index (χ2v) is 4.01. The Labute approximate surface area is 96.8 Å². The summed E-state index contributed by atoms with van der Waals surface area (Å²) in [7, 11) is 0. The van der Waals surface area contributed by atoms with Crippen LogP contribution in [0.25, 0.3) is 0 Å². The molecule has 16 heavy (non-hydrogen) atoms. The lowest BCUT2D eigenvalue weighted by Crippen LogP contribution is -2.40. The zero-order valence-corrected chi connectivity index (χ0v) is 10.2. The largest absolute Gasteiger partial charge is 0.329 e. The van der Waals surface area contributed by atoms with E-state index in [0.717, 1.165) is 12.8 Å². The van der Waals surface area contributed by atoms with Gasteiger partial charge in [0.25, 0.3) is 5.91 Å². The summed E-state index contributed by atoms with van der Waals surface area (Å²) >= 11 is 0. The summed E-state index contributed by atoms with van der Waals surface area (Å²) in [5.41, 5.74) is 0.663. The minimum absolute atomic E-state index is 0.0294. The number of rotatable bonds is 3. The number of Topliss-reactive ketones (excluding diaryl/α,β-unsaturated/α-hetero) is 1. The van der Waals surface area contributed by atoms with Crippen molar-refractivity contribution >= 4 is 11.7 Å². The van der Waals surface area contributed by atoms with Gasteiger partial charge in [-0.1, -0.05) is 18.2 Å². The number of nitrogens with zero attached hydrogens (tertiary/aromatic N) is 1. The van der Waals surface area contributed by atoms with Crippen LogP contribution in [-0.4, -0.2) is 29.2 Å². The molecule has 0 spiro atoms. The van der Waals surface area contributed by atoms with Crippen LogP contribution >= 0.6 is 0 Å². The van der Waals surface area contributed by atoms with Crippen molar-refractivity contribution in [2.75, 3.05) is 6.54 Å². The summed E-state index contributed by atoms with van der Waals surface area (Å²) in [6.45, 7) is 5.97. The summed E-state index contributed by atoms with van der Waals surface area (Å²) in [5, 5.41) is 0. The predicted molar refractivity (Wildman–Crippen MR) is 64.0 cm³/mol. The Morgan fingerprint density at radius 1 is 1.31 bits per heavy atom. The lowest BCUT2D eigenvalue weighted by molar-refractivity contribution is -0.133. The molecule has 0 unspecified atom stereocenters. The molecule has 0 saturated carbocycles. The molecule has 1 amide bonds. The first-order valence-corrected chi connectivity index (χ1v) is 5.72. The molecule has 0 aromatic rings. The lowest BCUT2D eigenvalue weighted by Gasteiger charge is -2.23. The van der Waals surface area contributed by atoms with Crippen molar-refractivity contribution < 1.29 is 9.59 Å². The van der Waals surface area contributed by atoms with Gasteiger partial charge in [-0.15, -0.1) is 0 Å². The average Bonchev–Trinajstić information content (AvgIpc) is 2.73. The van der Waals surface area contributed by atoms with E-state index in [1.165, 1.54) is 0 Å². The monoisotopic (exact) mass is 221 g/mol. The normalized spacial score (nSPS) is 21.8. The zero-order valence-electron chi connectivity index (χ0n) is 10.2. The molecule has 1 fully saturated rings. The van der Waals surface area contributed by atoms with Crippen LogP contribution in [0.1, 0.15) is 33.6 Å². The molecule has 0 bridgehead atoms. The van der Waals surface area contributed by atoms with Gasteiger partial charge in [-0.05, 0) is 33.6 Å². The van der Waals surface area contributed by atoms with E-state index in [2.05, 4.69) is 0 Å². The van der Waals surface area contributed by atoms with Crippen LogP contribution in [0.15, 0.2) is 23.8 Å². The van der Waals surface area contributed by atoms with E-state index in [0.29, 0.717) is 12.1 Å². The number of ketones is 1. The van der Waals surface area contributed by atoms with Gasteiger partial charge in [0.15, 0.2) is 5.78 Å². The highest BCUT2D eigenvalue weighted by Gasteiger charge is 2.32. The average molecular weight is 221 g/mol. The Morgan fingerprint density at radius 2 is 2.00 bits per heavy atom. The van der Waals surface area contributed by atoms with Gasteiger partial charge in [-0.3, -0.25) is 9.59 Å². The van der Waals surface area contributed by atoms with Gasteiger partial charge in [0.1, 0.15) is 0 Å². The van der Waals surface area contributed by atoms with Gasteiger partial charge in [-0.25, -0.2) is 0 Å². The van der Waals surface area contributed by atoms with Crippen LogP contribution in [0.4, 0.5) is 0 Å². The minimum Gasteiger partial charge on any atom is -0.329 e. The first-order valence-electron chi connectivity index (χ1n) is 5.72. The molecule has 0 aromatic carbocycles. The Kier molecular flexibility index (Phi) is 4.47. The maximum atomic E-state index is 12.1. The maximum Gasteiger partial charge on any atom is 0.254 e. The Bertz CT molecular complexity index is 342. The van der Waals surface area contributed by atoms with Gasteiger partial charge in [-0.2, -0.15) is 0 Å². The first-order chi connectivity index (χ1) is 7.61. The summed E-state index contributed by atoms with van der Waals surface area (Å²) in [5.74, 6) is 0.0556. The molecule has 1 aliphatic rings. The summed E-state index contributed by atoms with van der Waals surface area (Å²) in [6, 6.07) is -0.215. The van der Waals surface area contributed by atoms with Gasteiger partial charge in [0.2, 0.25) is 0 Å². The highest BCUT2D eigenvalue weighted by atomic mass is 16.2. The Balaban J connectivity index is 2.84. The van der Waals surface area contributed by atoms with Crippen LogP contribution in [0.2, 0.25) is 0 Å². The van der Waals surface area contributed by atoms with Gasteiger partial charge < -0.3 is 4.90 Å². The Hall–Kier alpha value is -1.38. The second-order valence-electron chi connectivity index (χ2n) is 4.01. The number of likely N-dealkylation sites (tertiary alicyclic amines) is 1. The van der Waals surface area contributed by atoms with Crippen LogP contribution in [-0.2, 0) is 9.59 Å². The SMILES string of the molecule is C/C=C\C(=C/C)C(=O)N1CCC[C@H]1C(C)=O. The van der Waals surface area contributed by atoms with Crippen molar-refractivity contribution in [3.8, 4) is 0 Å². The molecule has 1 heterocycles. The molecular weight excluding hydrogens is 202 g/mol. The number of hydrogen-bond acceptors (Lipinski definition) is 2. The molecule has 3 heteroatoms. The van der Waals surface area contributed by atoms with E-state index < -0.39 is 0 Å². The number of amides is 1. The zero-order chi connectivity index (χ0) is 12.1. The van der Waals surface area contributed by atoms with Crippen molar-refractivity contribution in [3.63, 3.8) is 0 Å². The van der Waals surface area contributed by atoms with Crippen LogP contribution in [0, 0.1) is 0 Å². The van der Waals surface area contributed by atoms with Crippen molar-refractivity contribution in [3.05, 3.63) is 23.8 Å². The molecule has 0 radical (unpaired) electrons. The van der Waals surface area contributed by atoms with Crippen molar-refractivity contribution in [1.82, 2.24) is 4.90 Å². The lowest BCUT2D eigenvalue weighted by atomic mass is 10.1. The van der Waals surface area contributed by atoms with Gasteiger partial charge in [0.05, 0.1) is 6.04 Å². The molecule has 3 nitrogen and oxygen atoms in total. The third kappa shape index (κ3) is 2.60. The summed E-state index contributed by atoms with van der Waals surface area (Å²) in [4.78, 5) is 25.2. The molecule has 1 saturated heterocycles. The summed E-state index contributed by atoms with van der Waals surface area (Å²) < 4.78 is 0. The van der Waals surface area contributed by atoms with Crippen molar-refractivity contribution in [2.45, 2.75) is 39.7 Å². The number of carbonyl (C=O) groups excluding carboxylic acids is 2. The smallest absolute Gasteiger partial charge is 0.254 e. The first kappa shape index (κ1) is 12.7. The molecule has 88 valence electrons. The number of hydrogen-bond donors (Lipinski definition) is 0. The highest BCUT2D eigenvalue weighted by molar-refractivity contribution is 5.99. The van der Waals surface area contributed by atoms with E-state index in [1.807, 2.05) is 19.9 Å². The van der Waals surface area contributed by atoms with Crippen molar-refractivity contribution in [2.24, 2.45) is 0 Å². The molecule has 1 atom stereocenters. The van der Waals surface area contributed by atoms with Crippen LogP contribution in [0.3, 0.4) is 0 Å². The molecule has 0 aliphatic carbocycles.